The number of thiophene rings is 1. The quantitative estimate of drug-likeness (QED) is 0.671. The highest BCUT2D eigenvalue weighted by Crippen LogP contribution is 2.35. The van der Waals surface area contributed by atoms with Gasteiger partial charge in [0.25, 0.3) is 0 Å². The standard InChI is InChI=1S/C16H13BrN4OS/c17-12-9-23-15-11(8-21-16(18)14(12)15)1-2-13(22)20-7-10-3-5-19-6-4-10/h1-6,8-9H,7H2,(H2,18,21)(H,20,22). The van der Waals surface area contributed by atoms with Crippen molar-refractivity contribution in [2.45, 2.75) is 6.54 Å². The molecule has 0 aliphatic carbocycles. The number of halogens is 1. The Hall–Kier alpha value is -2.25. The van der Waals surface area contributed by atoms with E-state index >= 15 is 0 Å². The molecule has 0 saturated heterocycles. The SMILES string of the molecule is Nc1ncc(C=CC(=O)NCc2ccncc2)c2scc(Br)c12. The number of carbonyl (C=O) groups is 1. The van der Waals surface area contributed by atoms with E-state index in [0.717, 1.165) is 25.7 Å². The van der Waals surface area contributed by atoms with E-state index in [-0.39, 0.29) is 5.91 Å². The molecule has 0 saturated carbocycles. The van der Waals surface area contributed by atoms with Crippen molar-refractivity contribution in [3.8, 4) is 0 Å². The molecule has 3 aromatic rings. The minimum atomic E-state index is -0.164. The molecule has 1 amide bonds. The second kappa shape index (κ2) is 6.89. The van der Waals surface area contributed by atoms with Gasteiger partial charge in [0.1, 0.15) is 5.82 Å². The van der Waals surface area contributed by atoms with Crippen LogP contribution in [0.4, 0.5) is 5.82 Å². The summed E-state index contributed by atoms with van der Waals surface area (Å²) in [6, 6.07) is 3.72. The molecule has 0 spiro atoms. The van der Waals surface area contributed by atoms with Crippen molar-refractivity contribution in [2.75, 3.05) is 5.73 Å². The van der Waals surface area contributed by atoms with Crippen molar-refractivity contribution in [1.29, 1.82) is 0 Å². The topological polar surface area (TPSA) is 80.9 Å². The largest absolute Gasteiger partial charge is 0.383 e. The molecule has 0 fully saturated rings. The lowest BCUT2D eigenvalue weighted by Crippen LogP contribution is -2.20. The van der Waals surface area contributed by atoms with Crippen LogP contribution in [0.1, 0.15) is 11.1 Å². The van der Waals surface area contributed by atoms with Gasteiger partial charge in [-0.1, -0.05) is 0 Å². The van der Waals surface area contributed by atoms with Crippen LogP contribution in [0.25, 0.3) is 16.2 Å². The summed E-state index contributed by atoms with van der Waals surface area (Å²) < 4.78 is 1.92. The lowest BCUT2D eigenvalue weighted by atomic mass is 10.2. The van der Waals surface area contributed by atoms with E-state index in [1.807, 2.05) is 17.5 Å². The average Bonchev–Trinajstić information content (AvgIpc) is 2.96. The minimum absolute atomic E-state index is 0.164. The third-order valence-corrected chi connectivity index (χ3v) is 5.20. The third-order valence-electron chi connectivity index (χ3n) is 3.24. The van der Waals surface area contributed by atoms with Crippen molar-refractivity contribution >= 4 is 55.2 Å². The van der Waals surface area contributed by atoms with Crippen molar-refractivity contribution < 1.29 is 4.79 Å². The van der Waals surface area contributed by atoms with E-state index in [4.69, 9.17) is 5.73 Å². The Kier molecular flexibility index (Phi) is 4.68. The van der Waals surface area contributed by atoms with Crippen LogP contribution in [0.5, 0.6) is 0 Å². The van der Waals surface area contributed by atoms with Gasteiger partial charge >= 0.3 is 0 Å². The number of fused-ring (bicyclic) bond motifs is 1. The van der Waals surface area contributed by atoms with Gasteiger partial charge in [-0.05, 0) is 39.7 Å². The summed E-state index contributed by atoms with van der Waals surface area (Å²) in [4.78, 5) is 20.0. The Balaban J connectivity index is 1.73. The minimum Gasteiger partial charge on any atom is -0.383 e. The molecule has 0 atom stereocenters. The zero-order valence-corrected chi connectivity index (χ0v) is 14.4. The molecular formula is C16H13BrN4OS. The number of nitrogens with two attached hydrogens (primary N) is 1. The van der Waals surface area contributed by atoms with E-state index in [2.05, 4.69) is 31.2 Å². The molecule has 0 aromatic carbocycles. The molecule has 23 heavy (non-hydrogen) atoms. The van der Waals surface area contributed by atoms with Crippen LogP contribution < -0.4 is 11.1 Å². The number of pyridine rings is 2. The summed E-state index contributed by atoms with van der Waals surface area (Å²) in [6.45, 7) is 0.464. The first-order chi connectivity index (χ1) is 11.1. The fraction of sp³-hybridized carbons (Fsp3) is 0.0625. The van der Waals surface area contributed by atoms with Crippen LogP contribution in [-0.4, -0.2) is 15.9 Å². The van der Waals surface area contributed by atoms with Crippen molar-refractivity contribution in [1.82, 2.24) is 15.3 Å². The number of amides is 1. The van der Waals surface area contributed by atoms with Gasteiger partial charge in [0.05, 0.1) is 0 Å². The summed E-state index contributed by atoms with van der Waals surface area (Å²) >= 11 is 5.02. The van der Waals surface area contributed by atoms with Crippen LogP contribution in [0.2, 0.25) is 0 Å². The highest BCUT2D eigenvalue weighted by molar-refractivity contribution is 9.10. The number of hydrogen-bond donors (Lipinski definition) is 2. The van der Waals surface area contributed by atoms with Gasteiger partial charge in [-0.25, -0.2) is 4.98 Å². The Morgan fingerprint density at radius 2 is 2.17 bits per heavy atom. The summed E-state index contributed by atoms with van der Waals surface area (Å²) in [5.74, 6) is 0.315. The first-order valence-electron chi connectivity index (χ1n) is 6.81. The van der Waals surface area contributed by atoms with Gasteiger partial charge in [0.2, 0.25) is 5.91 Å². The van der Waals surface area contributed by atoms with E-state index in [9.17, 15) is 4.79 Å². The number of nitrogen functional groups attached to an aromatic ring is 1. The van der Waals surface area contributed by atoms with Gasteiger partial charge in [-0.2, -0.15) is 0 Å². The van der Waals surface area contributed by atoms with Crippen LogP contribution in [0.3, 0.4) is 0 Å². The third kappa shape index (κ3) is 3.57. The molecule has 116 valence electrons. The highest BCUT2D eigenvalue weighted by Gasteiger charge is 2.09. The van der Waals surface area contributed by atoms with E-state index < -0.39 is 0 Å². The molecule has 3 aromatic heterocycles. The van der Waals surface area contributed by atoms with Gasteiger partial charge in [-0.3, -0.25) is 9.78 Å². The molecule has 3 N–H and O–H groups in total. The van der Waals surface area contributed by atoms with Crippen LogP contribution in [-0.2, 0) is 11.3 Å². The van der Waals surface area contributed by atoms with Crippen molar-refractivity contribution in [3.05, 3.63) is 57.8 Å². The van der Waals surface area contributed by atoms with Crippen molar-refractivity contribution in [2.24, 2.45) is 0 Å². The fourth-order valence-electron chi connectivity index (χ4n) is 2.08. The number of nitrogens with one attached hydrogen (secondary N) is 1. The molecule has 5 nitrogen and oxygen atoms in total. The first-order valence-corrected chi connectivity index (χ1v) is 8.48. The average molecular weight is 389 g/mol. The molecular weight excluding hydrogens is 376 g/mol. The molecule has 0 unspecified atom stereocenters. The monoisotopic (exact) mass is 388 g/mol. The predicted molar refractivity (Wildman–Crippen MR) is 96.9 cm³/mol. The first kappa shape index (κ1) is 15.6. The van der Waals surface area contributed by atoms with Gasteiger partial charge in [-0.15, -0.1) is 11.3 Å². The smallest absolute Gasteiger partial charge is 0.244 e. The number of carbonyl (C=O) groups excluding carboxylic acids is 1. The number of anilines is 1. The maximum Gasteiger partial charge on any atom is 0.244 e. The van der Waals surface area contributed by atoms with Crippen LogP contribution >= 0.6 is 27.3 Å². The lowest BCUT2D eigenvalue weighted by molar-refractivity contribution is -0.116. The normalized spacial score (nSPS) is 11.2. The molecule has 3 heterocycles. The summed E-state index contributed by atoms with van der Waals surface area (Å²) in [6.07, 6.45) is 8.32. The van der Waals surface area contributed by atoms with E-state index in [1.54, 1.807) is 36.0 Å². The molecule has 0 aliphatic heterocycles. The number of hydrogen-bond acceptors (Lipinski definition) is 5. The summed E-state index contributed by atoms with van der Waals surface area (Å²) in [5, 5.41) is 5.67. The zero-order chi connectivity index (χ0) is 16.2. The Morgan fingerprint density at radius 1 is 1.39 bits per heavy atom. The molecule has 0 bridgehead atoms. The number of rotatable bonds is 4. The Labute approximate surface area is 145 Å². The lowest BCUT2D eigenvalue weighted by Gasteiger charge is -2.02. The Bertz CT molecular complexity index is 876. The summed E-state index contributed by atoms with van der Waals surface area (Å²) in [5.41, 5.74) is 7.76. The van der Waals surface area contributed by atoms with Crippen molar-refractivity contribution in [3.63, 3.8) is 0 Å². The van der Waals surface area contributed by atoms with E-state index in [1.165, 1.54) is 6.08 Å². The second-order valence-electron chi connectivity index (χ2n) is 4.79. The second-order valence-corrected chi connectivity index (χ2v) is 6.53. The Morgan fingerprint density at radius 3 is 2.96 bits per heavy atom. The fourth-order valence-corrected chi connectivity index (χ4v) is 3.82. The highest BCUT2D eigenvalue weighted by atomic mass is 79.9. The van der Waals surface area contributed by atoms with Crippen LogP contribution in [0.15, 0.2) is 46.7 Å². The molecule has 0 radical (unpaired) electrons. The molecule has 7 heteroatoms. The van der Waals surface area contributed by atoms with Gasteiger partial charge in [0, 0.05) is 56.7 Å². The molecule has 3 rings (SSSR count). The van der Waals surface area contributed by atoms with Gasteiger partial charge < -0.3 is 11.1 Å². The van der Waals surface area contributed by atoms with Crippen LogP contribution in [0, 0.1) is 0 Å². The maximum atomic E-state index is 11.9. The predicted octanol–water partition coefficient (Wildman–Crippen LogP) is 3.37. The van der Waals surface area contributed by atoms with E-state index in [0.29, 0.717) is 12.4 Å². The van der Waals surface area contributed by atoms with Gasteiger partial charge in [0.15, 0.2) is 0 Å². The summed E-state index contributed by atoms with van der Waals surface area (Å²) in [7, 11) is 0. The number of nitrogens with zero attached hydrogens (tertiary/aromatic N) is 2. The molecule has 0 aliphatic rings. The number of aromatic nitrogens is 2. The zero-order valence-electron chi connectivity index (χ0n) is 12.0. The maximum absolute atomic E-state index is 11.9.